The molecule has 29 heavy (non-hydrogen) atoms. The Balaban J connectivity index is 1.87. The molecule has 4 rings (SSSR count). The van der Waals surface area contributed by atoms with E-state index >= 15 is 0 Å². The monoisotopic (exact) mass is 407 g/mol. The summed E-state index contributed by atoms with van der Waals surface area (Å²) in [6, 6.07) is 2.39. The quantitative estimate of drug-likeness (QED) is 0.608. The standard InChI is InChI=1S/C18H16F3N5O3/c19-18(20,21)13-7-10(11(8-23-13)17(27)28)15-14-12(25-26-15)1-4-22-16(14)24-9-2-5-29-6-3-9/h1,4,7-9H,2-3,5-6H2,(H,22,24)(H,25,26)(H,27,28). The third kappa shape index (κ3) is 3.73. The number of halogens is 3. The van der Waals surface area contributed by atoms with E-state index in [1.165, 1.54) is 6.20 Å². The first-order valence-corrected chi connectivity index (χ1v) is 8.83. The summed E-state index contributed by atoms with van der Waals surface area (Å²) in [6.07, 6.45) is -0.988. The van der Waals surface area contributed by atoms with E-state index in [1.54, 1.807) is 6.07 Å². The van der Waals surface area contributed by atoms with Crippen LogP contribution in [-0.2, 0) is 10.9 Å². The second kappa shape index (κ2) is 7.32. The molecule has 0 aromatic carbocycles. The van der Waals surface area contributed by atoms with Crippen LogP contribution in [0.1, 0.15) is 28.9 Å². The summed E-state index contributed by atoms with van der Waals surface area (Å²) in [7, 11) is 0. The number of rotatable bonds is 4. The highest BCUT2D eigenvalue weighted by molar-refractivity contribution is 6.05. The van der Waals surface area contributed by atoms with E-state index in [0.29, 0.717) is 42.2 Å². The molecule has 8 nitrogen and oxygen atoms in total. The lowest BCUT2D eigenvalue weighted by molar-refractivity contribution is -0.141. The van der Waals surface area contributed by atoms with Crippen molar-refractivity contribution in [2.45, 2.75) is 25.1 Å². The van der Waals surface area contributed by atoms with Gasteiger partial charge in [0.2, 0.25) is 0 Å². The minimum Gasteiger partial charge on any atom is -0.478 e. The molecule has 3 N–H and O–H groups in total. The summed E-state index contributed by atoms with van der Waals surface area (Å²) in [5.74, 6) is -0.986. The van der Waals surface area contributed by atoms with Gasteiger partial charge in [0.15, 0.2) is 0 Å². The maximum absolute atomic E-state index is 13.2. The van der Waals surface area contributed by atoms with Crippen molar-refractivity contribution < 1.29 is 27.8 Å². The number of ether oxygens (including phenoxy) is 1. The Bertz CT molecular complexity index is 1060. The molecule has 1 aliphatic heterocycles. The van der Waals surface area contributed by atoms with Gasteiger partial charge in [0, 0.05) is 37.2 Å². The number of hydrogen-bond acceptors (Lipinski definition) is 6. The van der Waals surface area contributed by atoms with Crippen LogP contribution in [0.3, 0.4) is 0 Å². The lowest BCUT2D eigenvalue weighted by atomic mass is 10.0. The van der Waals surface area contributed by atoms with Crippen molar-refractivity contribution in [3.05, 3.63) is 35.8 Å². The normalized spacial score (nSPS) is 15.6. The number of aromatic carboxylic acids is 1. The van der Waals surface area contributed by atoms with Crippen molar-refractivity contribution >= 4 is 22.7 Å². The minimum atomic E-state index is -4.72. The molecule has 1 saturated heterocycles. The second-order valence-electron chi connectivity index (χ2n) is 6.60. The van der Waals surface area contributed by atoms with E-state index in [0.717, 1.165) is 12.8 Å². The van der Waals surface area contributed by atoms with Gasteiger partial charge < -0.3 is 15.2 Å². The number of aromatic amines is 1. The van der Waals surface area contributed by atoms with Crippen LogP contribution < -0.4 is 5.32 Å². The third-order valence-electron chi connectivity index (χ3n) is 4.72. The zero-order valence-electron chi connectivity index (χ0n) is 15.0. The van der Waals surface area contributed by atoms with Gasteiger partial charge in [-0.3, -0.25) is 10.1 Å². The number of carbonyl (C=O) groups is 1. The average Bonchev–Trinajstić information content (AvgIpc) is 3.12. The van der Waals surface area contributed by atoms with Crippen molar-refractivity contribution in [3.63, 3.8) is 0 Å². The zero-order valence-corrected chi connectivity index (χ0v) is 15.0. The number of carboxylic acid groups (broad SMARTS) is 1. The predicted molar refractivity (Wildman–Crippen MR) is 96.5 cm³/mol. The van der Waals surface area contributed by atoms with Gasteiger partial charge >= 0.3 is 12.1 Å². The third-order valence-corrected chi connectivity index (χ3v) is 4.72. The number of aromatic nitrogens is 4. The molecule has 152 valence electrons. The van der Waals surface area contributed by atoms with E-state index in [2.05, 4.69) is 25.5 Å². The molecule has 3 aromatic rings. The van der Waals surface area contributed by atoms with Crippen LogP contribution in [0.15, 0.2) is 24.5 Å². The number of alkyl halides is 3. The largest absolute Gasteiger partial charge is 0.478 e. The Morgan fingerprint density at radius 1 is 1.28 bits per heavy atom. The number of hydrogen-bond donors (Lipinski definition) is 3. The summed E-state index contributed by atoms with van der Waals surface area (Å²) in [6.45, 7) is 1.18. The van der Waals surface area contributed by atoms with E-state index < -0.39 is 17.8 Å². The maximum Gasteiger partial charge on any atom is 0.433 e. The van der Waals surface area contributed by atoms with Crippen molar-refractivity contribution in [1.29, 1.82) is 0 Å². The number of carboxylic acids is 1. The van der Waals surface area contributed by atoms with E-state index in [-0.39, 0.29) is 22.9 Å². The van der Waals surface area contributed by atoms with Crippen molar-refractivity contribution in [3.8, 4) is 11.3 Å². The molecular formula is C18H16F3N5O3. The summed E-state index contributed by atoms with van der Waals surface area (Å²) in [5.41, 5.74) is -1.18. The Hall–Kier alpha value is -3.21. The molecule has 0 amide bonds. The molecule has 3 aromatic heterocycles. The van der Waals surface area contributed by atoms with E-state index in [9.17, 15) is 23.1 Å². The second-order valence-corrected chi connectivity index (χ2v) is 6.60. The van der Waals surface area contributed by atoms with Gasteiger partial charge in [-0.2, -0.15) is 18.3 Å². The molecule has 1 fully saturated rings. The van der Waals surface area contributed by atoms with Crippen molar-refractivity contribution in [2.24, 2.45) is 0 Å². The molecule has 0 saturated carbocycles. The number of pyridine rings is 2. The Morgan fingerprint density at radius 2 is 2.03 bits per heavy atom. The van der Waals surface area contributed by atoms with Crippen LogP contribution in [0.5, 0.6) is 0 Å². The van der Waals surface area contributed by atoms with Gasteiger partial charge in [0.1, 0.15) is 17.2 Å². The van der Waals surface area contributed by atoms with Crippen LogP contribution in [0.2, 0.25) is 0 Å². The molecule has 0 radical (unpaired) electrons. The molecule has 4 heterocycles. The van der Waals surface area contributed by atoms with Crippen molar-refractivity contribution in [2.75, 3.05) is 18.5 Å². The van der Waals surface area contributed by atoms with Gasteiger partial charge in [0.25, 0.3) is 0 Å². The van der Waals surface area contributed by atoms with E-state index in [1.807, 2.05) is 0 Å². The highest BCUT2D eigenvalue weighted by Gasteiger charge is 2.34. The number of H-pyrrole nitrogens is 1. The smallest absolute Gasteiger partial charge is 0.433 e. The maximum atomic E-state index is 13.2. The van der Waals surface area contributed by atoms with Crippen LogP contribution in [0, 0.1) is 0 Å². The highest BCUT2D eigenvalue weighted by Crippen LogP contribution is 2.36. The molecule has 0 unspecified atom stereocenters. The van der Waals surface area contributed by atoms with Crippen LogP contribution >= 0.6 is 0 Å². The van der Waals surface area contributed by atoms with Gasteiger partial charge in [-0.05, 0) is 25.0 Å². The lowest BCUT2D eigenvalue weighted by Crippen LogP contribution is -2.28. The number of nitrogens with zero attached hydrogens (tertiary/aromatic N) is 3. The van der Waals surface area contributed by atoms with Gasteiger partial charge in [-0.25, -0.2) is 9.78 Å². The Kier molecular flexibility index (Phi) is 4.82. The van der Waals surface area contributed by atoms with Gasteiger partial charge in [-0.1, -0.05) is 0 Å². The molecular weight excluding hydrogens is 391 g/mol. The fourth-order valence-electron chi connectivity index (χ4n) is 3.28. The molecule has 1 aliphatic rings. The summed E-state index contributed by atoms with van der Waals surface area (Å²) in [5, 5.41) is 20.0. The Labute approximate surface area is 162 Å². The van der Waals surface area contributed by atoms with E-state index in [4.69, 9.17) is 4.74 Å². The molecule has 0 spiro atoms. The van der Waals surface area contributed by atoms with Crippen LogP contribution in [0.25, 0.3) is 22.2 Å². The van der Waals surface area contributed by atoms with Gasteiger partial charge in [0.05, 0.1) is 16.5 Å². The average molecular weight is 407 g/mol. The molecule has 0 aliphatic carbocycles. The summed E-state index contributed by atoms with van der Waals surface area (Å²) >= 11 is 0. The first-order chi connectivity index (χ1) is 13.8. The van der Waals surface area contributed by atoms with Crippen LogP contribution in [-0.4, -0.2) is 50.5 Å². The van der Waals surface area contributed by atoms with Crippen LogP contribution in [0.4, 0.5) is 19.0 Å². The molecule has 0 bridgehead atoms. The number of anilines is 1. The zero-order chi connectivity index (χ0) is 20.6. The lowest BCUT2D eigenvalue weighted by Gasteiger charge is -2.24. The fraction of sp³-hybridized carbons (Fsp3) is 0.333. The Morgan fingerprint density at radius 3 is 2.72 bits per heavy atom. The first-order valence-electron chi connectivity index (χ1n) is 8.83. The molecule has 11 heteroatoms. The predicted octanol–water partition coefficient (Wildman–Crippen LogP) is 3.33. The number of nitrogens with one attached hydrogen (secondary N) is 2. The first kappa shape index (κ1) is 19.1. The fourth-order valence-corrected chi connectivity index (χ4v) is 3.28. The van der Waals surface area contributed by atoms with Crippen molar-refractivity contribution in [1.82, 2.24) is 20.2 Å². The summed E-state index contributed by atoms with van der Waals surface area (Å²) < 4.78 is 44.8. The highest BCUT2D eigenvalue weighted by atomic mass is 19.4. The van der Waals surface area contributed by atoms with Gasteiger partial charge in [-0.15, -0.1) is 0 Å². The minimum absolute atomic E-state index is 0.0629. The number of fused-ring (bicyclic) bond motifs is 1. The summed E-state index contributed by atoms with van der Waals surface area (Å²) in [4.78, 5) is 19.2. The SMILES string of the molecule is O=C(O)c1cnc(C(F)(F)F)cc1-c1n[nH]c2ccnc(NC3CCOCC3)c12. The molecule has 0 atom stereocenters. The topological polar surface area (TPSA) is 113 Å².